The minimum absolute atomic E-state index is 0.00708. The number of non-ortho nitro benzene ring substituents is 1. The predicted molar refractivity (Wildman–Crippen MR) is 182 cm³/mol. The molecule has 0 spiro atoms. The van der Waals surface area contributed by atoms with Gasteiger partial charge in [0.25, 0.3) is 11.2 Å². The lowest BCUT2D eigenvalue weighted by molar-refractivity contribution is -0.384. The number of carbonyl (C=O) groups excluding carboxylic acids is 1. The third kappa shape index (κ3) is 6.84. The van der Waals surface area contributed by atoms with Gasteiger partial charge >= 0.3 is 5.97 Å². The standard InChI is InChI=1S/C32H28IN3O7S2/c1-5-42-31(38)27-18(2)34-32-35(28(27)21-8-12-23(44-4)13-9-21)30(37)26(45-32)16-20-14-24(33)29(25(15-20)41-3)43-17-19-6-10-22(11-7-19)36(39)40/h6-16,28H,5,17H2,1-4H3/b26-16-/t28-/m1/s1. The number of thiazole rings is 1. The van der Waals surface area contributed by atoms with Crippen LogP contribution in [0.2, 0.25) is 0 Å². The van der Waals surface area contributed by atoms with Crippen LogP contribution in [0.1, 0.15) is 36.6 Å². The molecule has 0 aliphatic carbocycles. The molecule has 1 atom stereocenters. The van der Waals surface area contributed by atoms with E-state index in [2.05, 4.69) is 27.6 Å². The van der Waals surface area contributed by atoms with Gasteiger partial charge in [-0.3, -0.25) is 19.5 Å². The molecule has 45 heavy (non-hydrogen) atoms. The van der Waals surface area contributed by atoms with E-state index in [1.807, 2.05) is 36.6 Å². The van der Waals surface area contributed by atoms with E-state index in [-0.39, 0.29) is 24.5 Å². The zero-order valence-electron chi connectivity index (χ0n) is 24.7. The van der Waals surface area contributed by atoms with Gasteiger partial charge in [-0.25, -0.2) is 9.79 Å². The van der Waals surface area contributed by atoms with Gasteiger partial charge in [-0.15, -0.1) is 11.8 Å². The summed E-state index contributed by atoms with van der Waals surface area (Å²) >= 11 is 4.99. The number of ether oxygens (including phenoxy) is 3. The van der Waals surface area contributed by atoms with Crippen LogP contribution in [-0.2, 0) is 16.1 Å². The first-order valence-electron chi connectivity index (χ1n) is 13.7. The SMILES string of the molecule is CCOC(=O)C1=C(C)N=c2s/c(=C\c3cc(I)c(OCc4ccc([N+](=O)[O-])cc4)c(OC)c3)c(=O)n2[C@@H]1c1ccc(SC)cc1. The molecule has 1 aliphatic rings. The number of thioether (sulfide) groups is 1. The molecule has 2 heterocycles. The molecule has 0 saturated carbocycles. The maximum absolute atomic E-state index is 14.0. The van der Waals surface area contributed by atoms with E-state index in [4.69, 9.17) is 14.2 Å². The molecule has 1 aromatic heterocycles. The van der Waals surface area contributed by atoms with Crippen LogP contribution in [0.3, 0.4) is 0 Å². The van der Waals surface area contributed by atoms with E-state index in [9.17, 15) is 19.7 Å². The smallest absolute Gasteiger partial charge is 0.338 e. The summed E-state index contributed by atoms with van der Waals surface area (Å²) in [5.74, 6) is 0.476. The number of rotatable bonds is 10. The molecule has 0 fully saturated rings. The van der Waals surface area contributed by atoms with Gasteiger partial charge in [-0.05, 0) is 102 Å². The number of esters is 1. The second kappa shape index (κ2) is 14.0. The normalized spacial score (nSPS) is 14.5. The molecule has 232 valence electrons. The summed E-state index contributed by atoms with van der Waals surface area (Å²) in [5, 5.41) is 11.0. The van der Waals surface area contributed by atoms with E-state index < -0.39 is 16.9 Å². The van der Waals surface area contributed by atoms with Crippen molar-refractivity contribution in [2.24, 2.45) is 4.99 Å². The van der Waals surface area contributed by atoms with Gasteiger partial charge in [-0.1, -0.05) is 23.5 Å². The Morgan fingerprint density at radius 2 is 1.89 bits per heavy atom. The maximum atomic E-state index is 14.0. The lowest BCUT2D eigenvalue weighted by atomic mass is 9.96. The molecule has 10 nitrogen and oxygen atoms in total. The van der Waals surface area contributed by atoms with Crippen molar-refractivity contribution in [2.45, 2.75) is 31.4 Å². The number of benzene rings is 3. The first-order valence-corrected chi connectivity index (χ1v) is 16.8. The summed E-state index contributed by atoms with van der Waals surface area (Å²) < 4.78 is 19.8. The van der Waals surface area contributed by atoms with Gasteiger partial charge in [-0.2, -0.15) is 0 Å². The van der Waals surface area contributed by atoms with Gasteiger partial charge in [0.05, 0.1) is 44.1 Å². The number of aromatic nitrogens is 1. The fourth-order valence-electron chi connectivity index (χ4n) is 4.88. The van der Waals surface area contributed by atoms with Crippen LogP contribution >= 0.6 is 45.7 Å². The molecule has 0 saturated heterocycles. The number of hydrogen-bond acceptors (Lipinski definition) is 10. The highest BCUT2D eigenvalue weighted by molar-refractivity contribution is 14.1. The number of allylic oxidation sites excluding steroid dienone is 1. The van der Waals surface area contributed by atoms with Gasteiger partial charge in [0.2, 0.25) is 0 Å². The summed E-state index contributed by atoms with van der Waals surface area (Å²) in [6.07, 6.45) is 3.76. The highest BCUT2D eigenvalue weighted by atomic mass is 127. The van der Waals surface area contributed by atoms with Crippen molar-refractivity contribution in [3.05, 3.63) is 122 Å². The van der Waals surface area contributed by atoms with Crippen molar-refractivity contribution in [2.75, 3.05) is 20.0 Å². The Morgan fingerprint density at radius 1 is 1.18 bits per heavy atom. The van der Waals surface area contributed by atoms with Crippen LogP contribution in [0.5, 0.6) is 11.5 Å². The molecule has 0 radical (unpaired) electrons. The van der Waals surface area contributed by atoms with Crippen LogP contribution in [0.15, 0.2) is 86.6 Å². The molecular formula is C32H28IN3O7S2. The quantitative estimate of drug-likeness (QED) is 0.0673. The molecule has 0 bridgehead atoms. The first-order chi connectivity index (χ1) is 21.6. The minimum atomic E-state index is -0.691. The van der Waals surface area contributed by atoms with Crippen molar-refractivity contribution in [1.29, 1.82) is 0 Å². The maximum Gasteiger partial charge on any atom is 0.338 e. The topological polar surface area (TPSA) is 122 Å². The number of fused-ring (bicyclic) bond motifs is 1. The first kappa shape index (κ1) is 32.4. The van der Waals surface area contributed by atoms with Crippen LogP contribution in [0.25, 0.3) is 6.08 Å². The predicted octanol–water partition coefficient (Wildman–Crippen LogP) is 5.62. The highest BCUT2D eigenvalue weighted by Gasteiger charge is 2.33. The Hall–Kier alpha value is -3.95. The fourth-order valence-corrected chi connectivity index (χ4v) is 7.11. The van der Waals surface area contributed by atoms with Crippen molar-refractivity contribution in [1.82, 2.24) is 4.57 Å². The Morgan fingerprint density at radius 3 is 2.51 bits per heavy atom. The Balaban J connectivity index is 1.53. The molecule has 13 heteroatoms. The fraction of sp³-hybridized carbons (Fsp3) is 0.219. The average molecular weight is 758 g/mol. The van der Waals surface area contributed by atoms with Gasteiger partial charge in [0.15, 0.2) is 16.3 Å². The van der Waals surface area contributed by atoms with Crippen LogP contribution < -0.4 is 24.4 Å². The minimum Gasteiger partial charge on any atom is -0.493 e. The molecule has 5 rings (SSSR count). The number of halogens is 1. The third-order valence-corrected chi connectivity index (χ3v) is 9.56. The lowest BCUT2D eigenvalue weighted by Gasteiger charge is -2.24. The Kier molecular flexibility index (Phi) is 10.1. The molecule has 4 aromatic rings. The number of nitrogens with zero attached hydrogens (tertiary/aromatic N) is 3. The van der Waals surface area contributed by atoms with E-state index in [0.717, 1.165) is 19.6 Å². The van der Waals surface area contributed by atoms with Crippen molar-refractivity contribution in [3.8, 4) is 11.5 Å². The summed E-state index contributed by atoms with van der Waals surface area (Å²) in [6, 6.07) is 16.9. The second-order valence-electron chi connectivity index (χ2n) is 9.82. The molecule has 0 unspecified atom stereocenters. The van der Waals surface area contributed by atoms with Gasteiger partial charge in [0.1, 0.15) is 6.61 Å². The monoisotopic (exact) mass is 757 g/mol. The van der Waals surface area contributed by atoms with Gasteiger partial charge < -0.3 is 14.2 Å². The average Bonchev–Trinajstić information content (AvgIpc) is 3.33. The number of nitro groups is 1. The Labute approximate surface area is 280 Å². The largest absolute Gasteiger partial charge is 0.493 e. The summed E-state index contributed by atoms with van der Waals surface area (Å²) in [4.78, 5) is 43.8. The number of nitro benzene ring substituents is 1. The summed E-state index contributed by atoms with van der Waals surface area (Å²) in [5.41, 5.74) is 2.82. The van der Waals surface area contributed by atoms with Crippen molar-refractivity contribution in [3.63, 3.8) is 0 Å². The summed E-state index contributed by atoms with van der Waals surface area (Å²) in [6.45, 7) is 3.89. The van der Waals surface area contributed by atoms with E-state index in [1.165, 1.54) is 30.6 Å². The number of hydrogen-bond donors (Lipinski definition) is 0. The van der Waals surface area contributed by atoms with E-state index in [0.29, 0.717) is 37.7 Å². The number of methoxy groups -OCH3 is 1. The zero-order chi connectivity index (χ0) is 32.2. The molecule has 0 amide bonds. The molecule has 0 N–H and O–H groups in total. The molecule has 3 aromatic carbocycles. The van der Waals surface area contributed by atoms with Crippen molar-refractivity contribution < 1.29 is 23.9 Å². The van der Waals surface area contributed by atoms with E-state index in [1.54, 1.807) is 54.5 Å². The third-order valence-electron chi connectivity index (χ3n) is 7.03. The highest BCUT2D eigenvalue weighted by Crippen LogP contribution is 2.35. The van der Waals surface area contributed by atoms with Gasteiger partial charge in [0, 0.05) is 17.0 Å². The van der Waals surface area contributed by atoms with Crippen LogP contribution in [0, 0.1) is 13.7 Å². The second-order valence-corrected chi connectivity index (χ2v) is 12.9. The lowest BCUT2D eigenvalue weighted by Crippen LogP contribution is -2.39. The molecule has 1 aliphatic heterocycles. The Bertz CT molecular complexity index is 1980. The van der Waals surface area contributed by atoms with Crippen LogP contribution in [-0.4, -0.2) is 35.4 Å². The van der Waals surface area contributed by atoms with Crippen LogP contribution in [0.4, 0.5) is 5.69 Å². The van der Waals surface area contributed by atoms with E-state index >= 15 is 0 Å². The molecular weight excluding hydrogens is 729 g/mol. The zero-order valence-corrected chi connectivity index (χ0v) is 28.5. The summed E-state index contributed by atoms with van der Waals surface area (Å²) in [7, 11) is 1.53. The number of carbonyl (C=O) groups is 1. The van der Waals surface area contributed by atoms with Crippen molar-refractivity contribution >= 4 is 63.4 Å².